The van der Waals surface area contributed by atoms with Gasteiger partial charge < -0.3 is 19.5 Å². The number of methoxy groups -OCH3 is 2. The maximum atomic E-state index is 15.6. The number of phenolic OH excluding ortho intramolecular Hbond substituents is 1. The number of anilines is 3. The monoisotopic (exact) mass is 835 g/mol. The summed E-state index contributed by atoms with van der Waals surface area (Å²) < 4.78 is 11.3. The highest BCUT2D eigenvalue weighted by Gasteiger charge is 2.70. The molecular weight excluding hydrogens is 794 g/mol. The number of carbonyl (C=O) groups is 4. The summed E-state index contributed by atoms with van der Waals surface area (Å²) in [6, 6.07) is 33.6. The molecule has 0 radical (unpaired) electrons. The molecule has 308 valence electrons. The number of phenols is 1. The quantitative estimate of drug-likeness (QED) is 0.0882. The first kappa shape index (κ1) is 39.7. The first-order chi connectivity index (χ1) is 29.5. The SMILES string of the molecule is COc1cc([C@H]2C3=CC[C@@H]4C(=O)N(c5ccc(N=Nc6ccc(N(C)C)cc6)cc5)C(=O)[C@@H]4[C@@H]3C[C@H]3C(=O)N(c4cccc(Cl)c4)C(=O)[C@@]23c2ccccc2)cc(OC)c1O. The Labute approximate surface area is 357 Å². The van der Waals surface area contributed by atoms with Crippen LogP contribution in [0.5, 0.6) is 17.2 Å². The van der Waals surface area contributed by atoms with Crippen LogP contribution in [0.1, 0.15) is 29.9 Å². The van der Waals surface area contributed by atoms with Crippen LogP contribution in [0.4, 0.5) is 28.4 Å². The third-order valence-corrected chi connectivity index (χ3v) is 13.0. The van der Waals surface area contributed by atoms with E-state index in [1.807, 2.05) is 79.7 Å². The van der Waals surface area contributed by atoms with Gasteiger partial charge >= 0.3 is 0 Å². The number of rotatable bonds is 9. The van der Waals surface area contributed by atoms with E-state index in [2.05, 4.69) is 10.2 Å². The van der Waals surface area contributed by atoms with E-state index in [4.69, 9.17) is 21.1 Å². The summed E-state index contributed by atoms with van der Waals surface area (Å²) in [5.41, 5.74) is 3.36. The topological polar surface area (TPSA) is 141 Å². The van der Waals surface area contributed by atoms with E-state index in [0.717, 1.165) is 11.3 Å². The van der Waals surface area contributed by atoms with Crippen LogP contribution in [0.3, 0.4) is 0 Å². The number of benzene rings is 5. The Morgan fingerprint density at radius 2 is 1.36 bits per heavy atom. The highest BCUT2D eigenvalue weighted by molar-refractivity contribution is 6.32. The number of fused-ring (bicyclic) bond motifs is 4. The van der Waals surface area contributed by atoms with Gasteiger partial charge in [0.15, 0.2) is 11.5 Å². The molecule has 13 heteroatoms. The Hall–Kier alpha value is -6.79. The molecule has 1 N–H and O–H groups in total. The molecule has 9 rings (SSSR count). The van der Waals surface area contributed by atoms with Gasteiger partial charge in [0.1, 0.15) is 0 Å². The van der Waals surface area contributed by atoms with E-state index < -0.39 is 46.8 Å². The molecule has 0 bridgehead atoms. The Morgan fingerprint density at radius 3 is 1.97 bits per heavy atom. The van der Waals surface area contributed by atoms with Gasteiger partial charge in [0, 0.05) is 30.7 Å². The van der Waals surface area contributed by atoms with Crippen molar-refractivity contribution in [3.8, 4) is 17.2 Å². The number of hydrogen-bond donors (Lipinski definition) is 1. The van der Waals surface area contributed by atoms with Crippen LogP contribution >= 0.6 is 11.6 Å². The van der Waals surface area contributed by atoms with E-state index in [1.165, 1.54) is 24.0 Å². The van der Waals surface area contributed by atoms with E-state index in [9.17, 15) is 14.7 Å². The molecule has 4 amide bonds. The lowest BCUT2D eigenvalue weighted by Gasteiger charge is -2.50. The van der Waals surface area contributed by atoms with E-state index >= 15 is 9.59 Å². The number of halogens is 1. The van der Waals surface area contributed by atoms with Crippen LogP contribution in [0.2, 0.25) is 5.02 Å². The fourth-order valence-electron chi connectivity index (χ4n) is 10.1. The fourth-order valence-corrected chi connectivity index (χ4v) is 10.2. The van der Waals surface area contributed by atoms with Crippen molar-refractivity contribution < 1.29 is 33.8 Å². The number of amides is 4. The minimum atomic E-state index is -1.52. The van der Waals surface area contributed by atoms with Crippen LogP contribution in [0.15, 0.2) is 137 Å². The predicted octanol–water partition coefficient (Wildman–Crippen LogP) is 8.91. The van der Waals surface area contributed by atoms with Crippen molar-refractivity contribution in [3.63, 3.8) is 0 Å². The number of imide groups is 2. The molecule has 6 atom stereocenters. The van der Waals surface area contributed by atoms with Crippen molar-refractivity contribution in [2.75, 3.05) is 43.0 Å². The van der Waals surface area contributed by atoms with Crippen molar-refractivity contribution in [1.82, 2.24) is 0 Å². The Kier molecular flexibility index (Phi) is 9.98. The van der Waals surface area contributed by atoms with Crippen molar-refractivity contribution in [3.05, 3.63) is 143 Å². The zero-order valence-electron chi connectivity index (χ0n) is 33.9. The van der Waals surface area contributed by atoms with Crippen molar-refractivity contribution in [1.29, 1.82) is 0 Å². The van der Waals surface area contributed by atoms with Gasteiger partial charge in [-0.05, 0) is 109 Å². The van der Waals surface area contributed by atoms with Crippen molar-refractivity contribution in [2.24, 2.45) is 33.9 Å². The van der Waals surface area contributed by atoms with Gasteiger partial charge in [-0.3, -0.25) is 24.1 Å². The maximum Gasteiger partial charge on any atom is 0.246 e. The van der Waals surface area contributed by atoms with Crippen LogP contribution in [0, 0.1) is 23.7 Å². The highest BCUT2D eigenvalue weighted by atomic mass is 35.5. The number of azo groups is 1. The second-order valence-electron chi connectivity index (χ2n) is 16.0. The summed E-state index contributed by atoms with van der Waals surface area (Å²) in [6.07, 6.45) is 2.33. The maximum absolute atomic E-state index is 15.6. The second-order valence-corrected chi connectivity index (χ2v) is 16.4. The lowest BCUT2D eigenvalue weighted by atomic mass is 9.49. The number of aromatic hydroxyl groups is 1. The molecular formula is C48H42ClN5O7. The molecule has 0 unspecified atom stereocenters. The second kappa shape index (κ2) is 15.3. The first-order valence-corrected chi connectivity index (χ1v) is 20.4. The molecule has 61 heavy (non-hydrogen) atoms. The minimum Gasteiger partial charge on any atom is -0.502 e. The highest BCUT2D eigenvalue weighted by Crippen LogP contribution is 2.65. The molecule has 5 aromatic carbocycles. The Morgan fingerprint density at radius 1 is 0.721 bits per heavy atom. The summed E-state index contributed by atoms with van der Waals surface area (Å²) >= 11 is 6.45. The number of hydrogen-bond acceptors (Lipinski definition) is 10. The molecule has 0 spiro atoms. The average Bonchev–Trinajstić information content (AvgIpc) is 3.67. The molecule has 4 aliphatic rings. The Bertz CT molecular complexity index is 2620. The van der Waals surface area contributed by atoms with Gasteiger partial charge in [0.2, 0.25) is 29.4 Å². The molecule has 2 aliphatic heterocycles. The lowest BCUT2D eigenvalue weighted by Crippen LogP contribution is -2.53. The summed E-state index contributed by atoms with van der Waals surface area (Å²) in [4.78, 5) is 64.4. The van der Waals surface area contributed by atoms with Gasteiger partial charge in [-0.15, -0.1) is 0 Å². The predicted molar refractivity (Wildman–Crippen MR) is 231 cm³/mol. The third kappa shape index (κ3) is 6.27. The molecule has 3 fully saturated rings. The number of nitrogens with zero attached hydrogens (tertiary/aromatic N) is 5. The first-order valence-electron chi connectivity index (χ1n) is 20.0. The van der Waals surface area contributed by atoms with Crippen LogP contribution < -0.4 is 24.2 Å². The third-order valence-electron chi connectivity index (χ3n) is 12.8. The van der Waals surface area contributed by atoms with Crippen LogP contribution in [-0.4, -0.2) is 57.1 Å². The van der Waals surface area contributed by atoms with Crippen molar-refractivity contribution >= 4 is 63.7 Å². The van der Waals surface area contributed by atoms with E-state index in [0.29, 0.717) is 38.9 Å². The zero-order chi connectivity index (χ0) is 42.7. The van der Waals surface area contributed by atoms with Gasteiger partial charge in [-0.1, -0.05) is 59.6 Å². The summed E-state index contributed by atoms with van der Waals surface area (Å²) in [5, 5.41) is 20.1. The number of allylic oxidation sites excluding steroid dienone is 2. The van der Waals surface area contributed by atoms with Crippen LogP contribution in [0.25, 0.3) is 0 Å². The standard InChI is InChI=1S/C48H42ClN5O7/c1-52(2)32-17-13-30(14-18-32)50-51-31-15-19-33(20-16-31)53-44(56)36-22-21-35-37(41(36)46(53)58)26-38-45(57)54(34-12-8-11-29(49)25-34)47(59)48(38,28-9-6-5-7-10-28)42(35)27-23-39(60-3)43(55)40(24-27)61-4/h5-21,23-25,36-38,41-42,55H,22,26H2,1-4H3/t36-,37+,38-,41-,42-,48+/m0/s1. The molecule has 1 saturated carbocycles. The molecule has 0 aromatic heterocycles. The molecule has 12 nitrogen and oxygen atoms in total. The molecule has 2 saturated heterocycles. The smallest absolute Gasteiger partial charge is 0.246 e. The zero-order valence-corrected chi connectivity index (χ0v) is 34.6. The summed E-state index contributed by atoms with van der Waals surface area (Å²) in [6.45, 7) is 0. The minimum absolute atomic E-state index is 0.109. The van der Waals surface area contributed by atoms with Gasteiger partial charge in [0.25, 0.3) is 0 Å². The summed E-state index contributed by atoms with van der Waals surface area (Å²) in [7, 11) is 6.76. The Balaban J connectivity index is 1.14. The molecule has 2 heterocycles. The van der Waals surface area contributed by atoms with Gasteiger partial charge in [0.05, 0.1) is 60.1 Å². The fraction of sp³-hybridized carbons (Fsp3) is 0.250. The largest absolute Gasteiger partial charge is 0.502 e. The van der Waals surface area contributed by atoms with Gasteiger partial charge in [-0.25, -0.2) is 4.90 Å². The van der Waals surface area contributed by atoms with Crippen LogP contribution in [-0.2, 0) is 24.6 Å². The number of carbonyl (C=O) groups excluding carboxylic acids is 4. The van der Waals surface area contributed by atoms with Crippen molar-refractivity contribution in [2.45, 2.75) is 24.2 Å². The normalized spacial score (nSPS) is 24.4. The van der Waals surface area contributed by atoms with E-state index in [-0.39, 0.29) is 41.9 Å². The lowest BCUT2D eigenvalue weighted by molar-refractivity contribution is -0.127. The molecule has 5 aromatic rings. The average molecular weight is 836 g/mol. The van der Waals surface area contributed by atoms with Gasteiger partial charge in [-0.2, -0.15) is 10.2 Å². The summed E-state index contributed by atoms with van der Waals surface area (Å²) in [5.74, 6) is -5.57. The molecule has 2 aliphatic carbocycles. The van der Waals surface area contributed by atoms with E-state index in [1.54, 1.807) is 60.7 Å². The number of ether oxygens (including phenoxy) is 2.